The molecule has 2 saturated heterocycles. The second-order valence-corrected chi connectivity index (χ2v) is 4.89. The van der Waals surface area contributed by atoms with Crippen molar-refractivity contribution in [1.82, 2.24) is 20.5 Å². The standard InChI is InChI=1S/C12H18N4O5/c1-8(17)13-14-7-5-10(18)15-6-3-4-9(11(19)21-2)16(15)12(14)20/h9H,3-7H2,1-2H3,(H,13,17). The highest BCUT2D eigenvalue weighted by atomic mass is 16.5. The molecule has 0 saturated carbocycles. The summed E-state index contributed by atoms with van der Waals surface area (Å²) in [4.78, 5) is 47.7. The van der Waals surface area contributed by atoms with Crippen molar-refractivity contribution in [3.8, 4) is 0 Å². The molecule has 2 rings (SSSR count). The summed E-state index contributed by atoms with van der Waals surface area (Å²) in [6, 6.07) is -1.46. The average Bonchev–Trinajstić information content (AvgIpc) is 2.58. The lowest BCUT2D eigenvalue weighted by Gasteiger charge is -2.42. The number of rotatable bonds is 2. The van der Waals surface area contributed by atoms with E-state index in [2.05, 4.69) is 5.43 Å². The minimum absolute atomic E-state index is 0.0676. The molecular formula is C12H18N4O5. The van der Waals surface area contributed by atoms with Crippen LogP contribution in [0, 0.1) is 0 Å². The minimum Gasteiger partial charge on any atom is -0.467 e. The predicted octanol–water partition coefficient (Wildman–Crippen LogP) is -0.756. The van der Waals surface area contributed by atoms with E-state index in [1.165, 1.54) is 19.0 Å². The number of nitrogens with one attached hydrogen (secondary N) is 1. The van der Waals surface area contributed by atoms with Gasteiger partial charge in [-0.3, -0.25) is 15.0 Å². The maximum Gasteiger partial charge on any atom is 0.358 e. The van der Waals surface area contributed by atoms with Crippen molar-refractivity contribution in [3.63, 3.8) is 0 Å². The van der Waals surface area contributed by atoms with Crippen molar-refractivity contribution in [2.24, 2.45) is 0 Å². The summed E-state index contributed by atoms with van der Waals surface area (Å²) in [5, 5.41) is 3.43. The Kier molecular flexibility index (Phi) is 4.29. The maximum absolute atomic E-state index is 12.5. The number of carbonyl (C=O) groups excluding carboxylic acids is 4. The molecule has 9 heteroatoms. The minimum atomic E-state index is -0.852. The third-order valence-corrected chi connectivity index (χ3v) is 3.43. The highest BCUT2D eigenvalue weighted by Gasteiger charge is 2.44. The second kappa shape index (κ2) is 5.98. The van der Waals surface area contributed by atoms with Gasteiger partial charge in [-0.25, -0.2) is 24.6 Å². The number of carbonyl (C=O) groups is 4. The molecule has 2 heterocycles. The zero-order valence-corrected chi connectivity index (χ0v) is 12.0. The molecular weight excluding hydrogens is 280 g/mol. The lowest BCUT2D eigenvalue weighted by Crippen LogP contribution is -2.62. The molecule has 0 aromatic rings. The topological polar surface area (TPSA) is 99.3 Å². The smallest absolute Gasteiger partial charge is 0.358 e. The van der Waals surface area contributed by atoms with E-state index in [0.29, 0.717) is 19.4 Å². The average molecular weight is 298 g/mol. The fourth-order valence-corrected chi connectivity index (χ4v) is 2.52. The Morgan fingerprint density at radius 1 is 1.29 bits per heavy atom. The van der Waals surface area contributed by atoms with E-state index in [9.17, 15) is 19.2 Å². The molecule has 9 nitrogen and oxygen atoms in total. The summed E-state index contributed by atoms with van der Waals surface area (Å²) in [6.07, 6.45) is 1.10. The highest BCUT2D eigenvalue weighted by Crippen LogP contribution is 2.23. The highest BCUT2D eigenvalue weighted by molar-refractivity contribution is 5.89. The third-order valence-electron chi connectivity index (χ3n) is 3.43. The molecule has 0 aromatic heterocycles. The number of ether oxygens (including phenoxy) is 1. The van der Waals surface area contributed by atoms with Gasteiger partial charge in [0.05, 0.1) is 13.7 Å². The predicted molar refractivity (Wildman–Crippen MR) is 69.1 cm³/mol. The summed E-state index contributed by atoms with van der Waals surface area (Å²) in [7, 11) is 1.23. The van der Waals surface area contributed by atoms with Gasteiger partial charge in [-0.2, -0.15) is 0 Å². The van der Waals surface area contributed by atoms with Crippen LogP contribution < -0.4 is 5.43 Å². The van der Waals surface area contributed by atoms with E-state index in [-0.39, 0.29) is 18.9 Å². The van der Waals surface area contributed by atoms with Crippen LogP contribution in [0.5, 0.6) is 0 Å². The summed E-state index contributed by atoms with van der Waals surface area (Å²) in [6.45, 7) is 1.70. The first-order valence-electron chi connectivity index (χ1n) is 6.71. The summed E-state index contributed by atoms with van der Waals surface area (Å²) in [5.74, 6) is -1.26. The number of hydrogen-bond donors (Lipinski definition) is 1. The molecule has 1 atom stereocenters. The maximum atomic E-state index is 12.5. The zero-order chi connectivity index (χ0) is 15.6. The molecule has 2 aliphatic heterocycles. The van der Waals surface area contributed by atoms with Crippen LogP contribution in [0.15, 0.2) is 0 Å². The number of esters is 1. The fraction of sp³-hybridized carbons (Fsp3) is 0.667. The number of hydrazine groups is 2. The van der Waals surface area contributed by atoms with Gasteiger partial charge in [-0.1, -0.05) is 0 Å². The van der Waals surface area contributed by atoms with Crippen LogP contribution in [0.1, 0.15) is 26.2 Å². The molecule has 21 heavy (non-hydrogen) atoms. The number of nitrogens with zero attached hydrogens (tertiary/aromatic N) is 3. The third kappa shape index (κ3) is 2.91. The van der Waals surface area contributed by atoms with Gasteiger partial charge in [0, 0.05) is 19.9 Å². The van der Waals surface area contributed by atoms with Gasteiger partial charge >= 0.3 is 12.0 Å². The summed E-state index contributed by atoms with van der Waals surface area (Å²) >= 11 is 0. The van der Waals surface area contributed by atoms with E-state index in [1.807, 2.05) is 0 Å². The number of hydrogen-bond acceptors (Lipinski definition) is 5. The molecule has 0 bridgehead atoms. The van der Waals surface area contributed by atoms with Crippen LogP contribution in [0.4, 0.5) is 4.79 Å². The van der Waals surface area contributed by atoms with E-state index in [4.69, 9.17) is 4.74 Å². The number of methoxy groups -OCH3 is 1. The molecule has 2 aliphatic rings. The summed E-state index contributed by atoms with van der Waals surface area (Å²) < 4.78 is 4.70. The molecule has 1 unspecified atom stereocenters. The van der Waals surface area contributed by atoms with E-state index in [0.717, 1.165) is 10.0 Å². The van der Waals surface area contributed by atoms with E-state index in [1.54, 1.807) is 0 Å². The Labute approximate surface area is 121 Å². The quantitative estimate of drug-likeness (QED) is 0.676. The van der Waals surface area contributed by atoms with Crippen LogP contribution in [-0.2, 0) is 19.1 Å². The Hall–Kier alpha value is -2.32. The van der Waals surface area contributed by atoms with Crippen molar-refractivity contribution in [1.29, 1.82) is 0 Å². The van der Waals surface area contributed by atoms with Crippen LogP contribution in [0.25, 0.3) is 0 Å². The number of fused-ring (bicyclic) bond motifs is 1. The van der Waals surface area contributed by atoms with Crippen LogP contribution in [0.2, 0.25) is 0 Å². The fourth-order valence-electron chi connectivity index (χ4n) is 2.52. The first kappa shape index (κ1) is 15.1. The number of urea groups is 1. The van der Waals surface area contributed by atoms with Gasteiger partial charge < -0.3 is 4.74 Å². The van der Waals surface area contributed by atoms with Gasteiger partial charge in [-0.05, 0) is 12.8 Å². The van der Waals surface area contributed by atoms with Crippen molar-refractivity contribution in [2.75, 3.05) is 20.2 Å². The van der Waals surface area contributed by atoms with E-state index < -0.39 is 23.9 Å². The van der Waals surface area contributed by atoms with Gasteiger partial charge in [0.15, 0.2) is 6.04 Å². The van der Waals surface area contributed by atoms with Gasteiger partial charge in [-0.15, -0.1) is 0 Å². The second-order valence-electron chi connectivity index (χ2n) is 4.89. The van der Waals surface area contributed by atoms with Crippen LogP contribution >= 0.6 is 0 Å². The molecule has 0 spiro atoms. The van der Waals surface area contributed by atoms with Gasteiger partial charge in [0.25, 0.3) is 0 Å². The van der Waals surface area contributed by atoms with Crippen molar-refractivity contribution < 1.29 is 23.9 Å². The lowest BCUT2D eigenvalue weighted by atomic mass is 10.1. The zero-order valence-electron chi connectivity index (χ0n) is 12.0. The van der Waals surface area contributed by atoms with Crippen molar-refractivity contribution >= 4 is 23.8 Å². The largest absolute Gasteiger partial charge is 0.467 e. The molecule has 0 aliphatic carbocycles. The first-order valence-corrected chi connectivity index (χ1v) is 6.71. The molecule has 2 fully saturated rings. The van der Waals surface area contributed by atoms with Gasteiger partial charge in [0.2, 0.25) is 11.8 Å². The Morgan fingerprint density at radius 2 is 2.00 bits per heavy atom. The SMILES string of the molecule is COC(=O)C1CCCN2C(=O)CCN(NC(C)=O)C(=O)N12. The molecule has 116 valence electrons. The Morgan fingerprint density at radius 3 is 2.62 bits per heavy atom. The number of amides is 4. The Bertz CT molecular complexity index is 480. The monoisotopic (exact) mass is 298 g/mol. The molecule has 1 N–H and O–H groups in total. The van der Waals surface area contributed by atoms with Crippen molar-refractivity contribution in [2.45, 2.75) is 32.2 Å². The normalized spacial score (nSPS) is 22.6. The van der Waals surface area contributed by atoms with Crippen LogP contribution in [-0.4, -0.2) is 65.1 Å². The molecule has 0 aromatic carbocycles. The van der Waals surface area contributed by atoms with Crippen molar-refractivity contribution in [3.05, 3.63) is 0 Å². The van der Waals surface area contributed by atoms with E-state index >= 15 is 0 Å². The summed E-state index contributed by atoms with van der Waals surface area (Å²) in [5.41, 5.74) is 2.37. The molecule has 4 amide bonds. The lowest BCUT2D eigenvalue weighted by molar-refractivity contribution is -0.164. The van der Waals surface area contributed by atoms with Gasteiger partial charge in [0.1, 0.15) is 0 Å². The Balaban J connectivity index is 2.31. The molecule has 0 radical (unpaired) electrons. The van der Waals surface area contributed by atoms with Crippen LogP contribution in [0.3, 0.4) is 0 Å². The first-order chi connectivity index (χ1) is 9.95.